The average molecular weight is 367 g/mol. The zero-order chi connectivity index (χ0) is 18.6. The number of ether oxygens (including phenoxy) is 1. The molecular formula is C20H18FN3O3. The molecule has 3 heterocycles. The molecule has 1 amide bonds. The third kappa shape index (κ3) is 3.67. The number of piperidine rings is 1. The molecule has 3 aromatic rings. The lowest BCUT2D eigenvalue weighted by molar-refractivity contribution is 0.0492. The fourth-order valence-corrected chi connectivity index (χ4v) is 3.18. The number of hydrogen-bond donors (Lipinski definition) is 0. The summed E-state index contributed by atoms with van der Waals surface area (Å²) in [6, 6.07) is 12.2. The van der Waals surface area contributed by atoms with E-state index in [1.54, 1.807) is 4.90 Å². The largest absolute Gasteiger partial charge is 0.470 e. The van der Waals surface area contributed by atoms with Crippen molar-refractivity contribution >= 4 is 5.91 Å². The van der Waals surface area contributed by atoms with Crippen LogP contribution in [-0.4, -0.2) is 40.0 Å². The highest BCUT2D eigenvalue weighted by Gasteiger charge is 2.30. The molecule has 0 N–H and O–H groups in total. The lowest BCUT2D eigenvalue weighted by Crippen LogP contribution is -2.44. The molecule has 0 aliphatic carbocycles. The molecule has 6 nitrogen and oxygen atoms in total. The molecule has 0 radical (unpaired) electrons. The predicted octanol–water partition coefficient (Wildman–Crippen LogP) is 3.56. The first-order valence-corrected chi connectivity index (χ1v) is 8.77. The molecule has 1 fully saturated rings. The van der Waals surface area contributed by atoms with Crippen LogP contribution in [0.5, 0.6) is 5.88 Å². The zero-order valence-electron chi connectivity index (χ0n) is 14.5. The molecule has 1 saturated heterocycles. The Hall–Kier alpha value is -3.22. The van der Waals surface area contributed by atoms with Gasteiger partial charge in [0.2, 0.25) is 5.76 Å². The van der Waals surface area contributed by atoms with Gasteiger partial charge >= 0.3 is 0 Å². The van der Waals surface area contributed by atoms with E-state index in [0.29, 0.717) is 18.8 Å². The number of oxazole rings is 1. The van der Waals surface area contributed by atoms with Crippen LogP contribution in [0.3, 0.4) is 0 Å². The van der Waals surface area contributed by atoms with E-state index >= 15 is 0 Å². The Kier molecular flexibility index (Phi) is 4.82. The summed E-state index contributed by atoms with van der Waals surface area (Å²) in [6.45, 7) is 0.919. The number of pyridine rings is 1. The first kappa shape index (κ1) is 17.2. The monoisotopic (exact) mass is 367 g/mol. The summed E-state index contributed by atoms with van der Waals surface area (Å²) in [5.41, 5.74) is 1.33. The van der Waals surface area contributed by atoms with Crippen molar-refractivity contribution in [2.24, 2.45) is 0 Å². The van der Waals surface area contributed by atoms with E-state index in [1.807, 2.05) is 30.3 Å². The summed E-state index contributed by atoms with van der Waals surface area (Å²) in [7, 11) is 0. The van der Waals surface area contributed by atoms with E-state index in [2.05, 4.69) is 9.97 Å². The van der Waals surface area contributed by atoms with Gasteiger partial charge in [0.15, 0.2) is 12.2 Å². The van der Waals surface area contributed by atoms with Crippen molar-refractivity contribution in [1.29, 1.82) is 0 Å². The van der Waals surface area contributed by atoms with Gasteiger partial charge in [0.25, 0.3) is 11.8 Å². The number of halogens is 1. The van der Waals surface area contributed by atoms with Crippen LogP contribution >= 0.6 is 0 Å². The van der Waals surface area contributed by atoms with E-state index in [0.717, 1.165) is 18.4 Å². The number of rotatable bonds is 4. The second kappa shape index (κ2) is 7.57. The number of carbonyl (C=O) groups is 1. The Balaban J connectivity index is 1.50. The minimum atomic E-state index is -0.512. The smallest absolute Gasteiger partial charge is 0.292 e. The van der Waals surface area contributed by atoms with Crippen molar-refractivity contribution in [1.82, 2.24) is 14.9 Å². The van der Waals surface area contributed by atoms with E-state index in [9.17, 15) is 9.18 Å². The molecule has 7 heteroatoms. The first-order chi connectivity index (χ1) is 13.2. The normalized spacial score (nSPS) is 16.9. The molecule has 1 unspecified atom stereocenters. The molecule has 1 aliphatic rings. The second-order valence-electron chi connectivity index (χ2n) is 6.32. The number of hydrogen-bond acceptors (Lipinski definition) is 5. The molecule has 1 atom stereocenters. The molecule has 0 saturated carbocycles. The van der Waals surface area contributed by atoms with Gasteiger partial charge in [0.1, 0.15) is 11.8 Å². The fourth-order valence-electron chi connectivity index (χ4n) is 3.18. The fraction of sp³-hybridized carbons (Fsp3) is 0.250. The highest BCUT2D eigenvalue weighted by atomic mass is 19.1. The molecule has 0 spiro atoms. The molecule has 138 valence electrons. The number of amides is 1. The standard InChI is InChI=1S/C20H18FN3O3/c21-16-9-4-10-22-19(16)27-15-8-5-11-24(12-15)20(25)18-17(23-13-26-18)14-6-2-1-3-7-14/h1-4,6-7,9-10,13,15H,5,8,11-12H2. The van der Waals surface area contributed by atoms with Gasteiger partial charge in [-0.05, 0) is 25.0 Å². The van der Waals surface area contributed by atoms with Crippen molar-refractivity contribution in [3.63, 3.8) is 0 Å². The number of benzene rings is 1. The number of aromatic nitrogens is 2. The van der Waals surface area contributed by atoms with Crippen molar-refractivity contribution in [2.45, 2.75) is 18.9 Å². The quantitative estimate of drug-likeness (QED) is 0.705. The number of nitrogens with zero attached hydrogens (tertiary/aromatic N) is 3. The van der Waals surface area contributed by atoms with Gasteiger partial charge in [-0.3, -0.25) is 4.79 Å². The summed E-state index contributed by atoms with van der Waals surface area (Å²) in [5.74, 6) is -0.601. The predicted molar refractivity (Wildman–Crippen MR) is 95.7 cm³/mol. The van der Waals surface area contributed by atoms with E-state index in [4.69, 9.17) is 9.15 Å². The maximum absolute atomic E-state index is 13.8. The maximum Gasteiger partial charge on any atom is 0.292 e. The topological polar surface area (TPSA) is 68.5 Å². The summed E-state index contributed by atoms with van der Waals surface area (Å²) >= 11 is 0. The molecular weight excluding hydrogens is 349 g/mol. The van der Waals surface area contributed by atoms with Crippen molar-refractivity contribution in [2.75, 3.05) is 13.1 Å². The first-order valence-electron chi connectivity index (χ1n) is 8.77. The van der Waals surface area contributed by atoms with Gasteiger partial charge < -0.3 is 14.1 Å². The van der Waals surface area contributed by atoms with Gasteiger partial charge in [-0.2, -0.15) is 0 Å². The molecule has 2 aromatic heterocycles. The van der Waals surface area contributed by atoms with Crippen molar-refractivity contribution in [3.8, 4) is 17.1 Å². The Morgan fingerprint density at radius 3 is 2.85 bits per heavy atom. The van der Waals surface area contributed by atoms with Crippen molar-refractivity contribution < 1.29 is 18.3 Å². The lowest BCUT2D eigenvalue weighted by atomic mass is 10.1. The molecule has 27 heavy (non-hydrogen) atoms. The van der Waals surface area contributed by atoms with Crippen LogP contribution in [0.4, 0.5) is 4.39 Å². The highest BCUT2D eigenvalue weighted by Crippen LogP contribution is 2.25. The minimum Gasteiger partial charge on any atom is -0.470 e. The third-order valence-corrected chi connectivity index (χ3v) is 4.48. The van der Waals surface area contributed by atoms with E-state index < -0.39 is 5.82 Å². The zero-order valence-corrected chi connectivity index (χ0v) is 14.5. The van der Waals surface area contributed by atoms with Gasteiger partial charge in [0, 0.05) is 18.3 Å². The Morgan fingerprint density at radius 1 is 1.19 bits per heavy atom. The molecule has 1 aromatic carbocycles. The molecule has 0 bridgehead atoms. The summed E-state index contributed by atoms with van der Waals surface area (Å²) in [4.78, 5) is 22.7. The minimum absolute atomic E-state index is 0.0403. The Labute approximate surface area is 155 Å². The Bertz CT molecular complexity index is 929. The maximum atomic E-state index is 13.8. The number of carbonyl (C=O) groups excluding carboxylic acids is 1. The van der Waals surface area contributed by atoms with Crippen molar-refractivity contribution in [3.05, 3.63) is 66.6 Å². The van der Waals surface area contributed by atoms with Crippen LogP contribution in [0.1, 0.15) is 23.4 Å². The van der Waals surface area contributed by atoms with Crippen LogP contribution in [0, 0.1) is 5.82 Å². The summed E-state index contributed by atoms with van der Waals surface area (Å²) < 4.78 is 24.8. The summed E-state index contributed by atoms with van der Waals surface area (Å²) in [6.07, 6.45) is 3.90. The van der Waals surface area contributed by atoms with Crippen LogP contribution in [0.15, 0.2) is 59.5 Å². The van der Waals surface area contributed by atoms with E-state index in [-0.39, 0.29) is 23.7 Å². The summed E-state index contributed by atoms with van der Waals surface area (Å²) in [5, 5.41) is 0. The van der Waals surface area contributed by atoms with Gasteiger partial charge in [-0.15, -0.1) is 0 Å². The van der Waals surface area contributed by atoms with Crippen LogP contribution in [-0.2, 0) is 0 Å². The number of likely N-dealkylation sites (tertiary alicyclic amines) is 1. The average Bonchev–Trinajstić information content (AvgIpc) is 3.20. The second-order valence-corrected chi connectivity index (χ2v) is 6.32. The van der Waals surface area contributed by atoms with Gasteiger partial charge in [-0.1, -0.05) is 30.3 Å². The van der Waals surface area contributed by atoms with E-state index in [1.165, 1.54) is 24.7 Å². The molecule has 4 rings (SSSR count). The van der Waals surface area contributed by atoms with Gasteiger partial charge in [-0.25, -0.2) is 14.4 Å². The molecule has 1 aliphatic heterocycles. The van der Waals surface area contributed by atoms with Gasteiger partial charge in [0.05, 0.1) is 6.54 Å². The van der Waals surface area contributed by atoms with Crippen LogP contribution in [0.2, 0.25) is 0 Å². The SMILES string of the molecule is O=C(c1ocnc1-c1ccccc1)N1CCCC(Oc2ncccc2F)C1. The lowest BCUT2D eigenvalue weighted by Gasteiger charge is -2.32. The third-order valence-electron chi connectivity index (χ3n) is 4.48. The Morgan fingerprint density at radius 2 is 2.04 bits per heavy atom. The highest BCUT2D eigenvalue weighted by molar-refractivity contribution is 5.97. The van der Waals surface area contributed by atoms with Crippen LogP contribution in [0.25, 0.3) is 11.3 Å². The van der Waals surface area contributed by atoms with Crippen LogP contribution < -0.4 is 4.74 Å².